The highest BCUT2D eigenvalue weighted by atomic mass is 16.6. The number of anilines is 1. The third-order valence-electron chi connectivity index (χ3n) is 4.92. The highest BCUT2D eigenvalue weighted by molar-refractivity contribution is 5.91. The molecule has 8 heteroatoms. The summed E-state index contributed by atoms with van der Waals surface area (Å²) < 4.78 is 13.0. The Labute approximate surface area is 139 Å². The van der Waals surface area contributed by atoms with Crippen molar-refractivity contribution in [2.45, 2.75) is 45.6 Å². The molecule has 1 aromatic heterocycles. The van der Waals surface area contributed by atoms with E-state index in [4.69, 9.17) is 9.47 Å². The molecule has 132 valence electrons. The third kappa shape index (κ3) is 2.54. The van der Waals surface area contributed by atoms with Gasteiger partial charge in [-0.2, -0.15) is 4.98 Å². The van der Waals surface area contributed by atoms with Crippen molar-refractivity contribution in [1.82, 2.24) is 9.55 Å². The van der Waals surface area contributed by atoms with E-state index in [2.05, 4.69) is 10.3 Å². The fourth-order valence-electron chi connectivity index (χ4n) is 3.17. The number of aliphatic hydroxyl groups is 1. The van der Waals surface area contributed by atoms with Gasteiger partial charge in [0.1, 0.15) is 17.5 Å². The predicted molar refractivity (Wildman–Crippen MR) is 85.5 cm³/mol. The molecule has 4 atom stereocenters. The maximum Gasteiger partial charge on any atom is 0.351 e. The summed E-state index contributed by atoms with van der Waals surface area (Å²) in [5.41, 5.74) is -0.644. The first kappa shape index (κ1) is 17.1. The number of nitrogens with zero attached hydrogens (tertiary/aromatic N) is 2. The van der Waals surface area contributed by atoms with Crippen molar-refractivity contribution in [3.63, 3.8) is 0 Å². The minimum atomic E-state index is -0.771. The summed E-state index contributed by atoms with van der Waals surface area (Å²) in [6.45, 7) is 7.39. The second kappa shape index (κ2) is 5.94. The van der Waals surface area contributed by atoms with E-state index in [-0.39, 0.29) is 36.3 Å². The van der Waals surface area contributed by atoms with Crippen LogP contribution in [0.25, 0.3) is 0 Å². The average Bonchev–Trinajstić information content (AvgIpc) is 3.01. The van der Waals surface area contributed by atoms with E-state index in [0.29, 0.717) is 12.2 Å². The molecule has 8 nitrogen and oxygen atoms in total. The molecule has 1 amide bonds. The van der Waals surface area contributed by atoms with Crippen LogP contribution in [0.4, 0.5) is 5.82 Å². The maximum atomic E-state index is 12.4. The van der Waals surface area contributed by atoms with E-state index in [9.17, 15) is 14.7 Å². The van der Waals surface area contributed by atoms with Crippen LogP contribution in [0.5, 0.6) is 0 Å². The van der Waals surface area contributed by atoms with Crippen LogP contribution in [0.1, 0.15) is 32.6 Å². The van der Waals surface area contributed by atoms with Gasteiger partial charge in [-0.15, -0.1) is 0 Å². The van der Waals surface area contributed by atoms with Gasteiger partial charge in [0.15, 0.2) is 6.23 Å². The summed E-state index contributed by atoms with van der Waals surface area (Å²) in [5.74, 6) is -0.180. The highest BCUT2D eigenvalue weighted by Crippen LogP contribution is 2.48. The van der Waals surface area contributed by atoms with E-state index in [0.717, 1.165) is 0 Å². The Balaban J connectivity index is 1.90. The Morgan fingerprint density at radius 1 is 1.58 bits per heavy atom. The van der Waals surface area contributed by atoms with Crippen molar-refractivity contribution >= 4 is 11.7 Å². The minimum Gasteiger partial charge on any atom is -0.393 e. The van der Waals surface area contributed by atoms with Gasteiger partial charge in [0.05, 0.1) is 13.2 Å². The number of aromatic nitrogens is 2. The SMILES string of the molecule is Cc1cn([C@@H]2O[C@@]3(CO)CO[C@H]2C3C)c(=O)nc1NC(=O)C(C)C. The molecule has 2 fully saturated rings. The summed E-state index contributed by atoms with van der Waals surface area (Å²) in [6, 6.07) is 0. The van der Waals surface area contributed by atoms with Crippen LogP contribution in [0.15, 0.2) is 11.0 Å². The number of carbonyl (C=O) groups excluding carboxylic acids is 1. The zero-order valence-electron chi connectivity index (χ0n) is 14.3. The first-order chi connectivity index (χ1) is 11.3. The molecule has 3 rings (SSSR count). The van der Waals surface area contributed by atoms with Crippen LogP contribution in [-0.2, 0) is 14.3 Å². The van der Waals surface area contributed by atoms with Crippen LogP contribution in [0.3, 0.4) is 0 Å². The normalized spacial score (nSPS) is 31.7. The number of aryl methyl sites for hydroxylation is 1. The molecule has 2 bridgehead atoms. The van der Waals surface area contributed by atoms with Gasteiger partial charge in [0.2, 0.25) is 5.91 Å². The average molecular weight is 337 g/mol. The molecule has 2 aliphatic rings. The van der Waals surface area contributed by atoms with Crippen LogP contribution >= 0.6 is 0 Å². The highest BCUT2D eigenvalue weighted by Gasteiger charge is 2.59. The molecule has 2 aliphatic heterocycles. The summed E-state index contributed by atoms with van der Waals surface area (Å²) in [4.78, 5) is 28.2. The number of carbonyl (C=O) groups is 1. The molecule has 0 saturated carbocycles. The number of ether oxygens (including phenoxy) is 2. The molecule has 0 aliphatic carbocycles. The molecule has 3 heterocycles. The topological polar surface area (TPSA) is 103 Å². The molecule has 0 spiro atoms. The van der Waals surface area contributed by atoms with E-state index >= 15 is 0 Å². The first-order valence-corrected chi connectivity index (χ1v) is 8.10. The van der Waals surface area contributed by atoms with Crippen molar-refractivity contribution in [3.8, 4) is 0 Å². The predicted octanol–water partition coefficient (Wildman–Crippen LogP) is 0.441. The van der Waals surface area contributed by atoms with Gasteiger partial charge >= 0.3 is 5.69 Å². The van der Waals surface area contributed by atoms with Crippen molar-refractivity contribution in [2.75, 3.05) is 18.5 Å². The smallest absolute Gasteiger partial charge is 0.351 e. The number of amides is 1. The summed E-state index contributed by atoms with van der Waals surface area (Å²) >= 11 is 0. The van der Waals surface area contributed by atoms with Gasteiger partial charge < -0.3 is 19.9 Å². The van der Waals surface area contributed by atoms with E-state index in [1.165, 1.54) is 4.57 Å². The zero-order valence-corrected chi connectivity index (χ0v) is 14.3. The van der Waals surface area contributed by atoms with Crippen LogP contribution in [0.2, 0.25) is 0 Å². The van der Waals surface area contributed by atoms with Crippen molar-refractivity contribution in [3.05, 3.63) is 22.2 Å². The number of rotatable bonds is 4. The van der Waals surface area contributed by atoms with Crippen LogP contribution in [-0.4, -0.2) is 45.5 Å². The second-order valence-corrected chi connectivity index (χ2v) is 6.90. The first-order valence-electron chi connectivity index (χ1n) is 8.10. The van der Waals surface area contributed by atoms with Gasteiger partial charge in [0.25, 0.3) is 0 Å². The Bertz CT molecular complexity index is 716. The number of aliphatic hydroxyl groups excluding tert-OH is 1. The maximum absolute atomic E-state index is 12.4. The van der Waals surface area contributed by atoms with Crippen molar-refractivity contribution < 1.29 is 19.4 Å². The summed E-state index contributed by atoms with van der Waals surface area (Å²) in [6.07, 6.45) is 0.666. The van der Waals surface area contributed by atoms with E-state index < -0.39 is 17.5 Å². The fraction of sp³-hybridized carbons (Fsp3) is 0.688. The third-order valence-corrected chi connectivity index (χ3v) is 4.92. The van der Waals surface area contributed by atoms with Crippen LogP contribution in [0, 0.1) is 18.8 Å². The largest absolute Gasteiger partial charge is 0.393 e. The zero-order chi connectivity index (χ0) is 17.6. The molecule has 0 aromatic carbocycles. The summed E-state index contributed by atoms with van der Waals surface area (Å²) in [7, 11) is 0. The van der Waals surface area contributed by atoms with E-state index in [1.54, 1.807) is 27.0 Å². The Kier molecular flexibility index (Phi) is 4.23. The fourth-order valence-corrected chi connectivity index (χ4v) is 3.17. The molecule has 24 heavy (non-hydrogen) atoms. The minimum absolute atomic E-state index is 0.0278. The van der Waals surface area contributed by atoms with E-state index in [1.807, 2.05) is 6.92 Å². The number of nitrogens with one attached hydrogen (secondary N) is 1. The summed E-state index contributed by atoms with van der Waals surface area (Å²) in [5, 5.41) is 12.3. The standard InChI is InChI=1S/C16H23N3O5/c1-8(2)13(21)17-12-9(3)5-19(15(22)18-12)14-11-10(4)16(6-20,24-14)7-23-11/h5,8,10-11,14,20H,6-7H2,1-4H3,(H,17,18,21,22)/t10?,11-,14+,16-/m0/s1. The lowest BCUT2D eigenvalue weighted by Crippen LogP contribution is -2.42. The van der Waals surface area contributed by atoms with Gasteiger partial charge in [-0.3, -0.25) is 9.36 Å². The molecular weight excluding hydrogens is 314 g/mol. The van der Waals surface area contributed by atoms with Gasteiger partial charge in [0, 0.05) is 23.6 Å². The lowest BCUT2D eigenvalue weighted by atomic mass is 9.91. The molecule has 0 radical (unpaired) electrons. The monoisotopic (exact) mass is 337 g/mol. The molecule has 2 saturated heterocycles. The molecule has 2 N–H and O–H groups in total. The van der Waals surface area contributed by atoms with Crippen LogP contribution < -0.4 is 11.0 Å². The Morgan fingerprint density at radius 2 is 2.29 bits per heavy atom. The number of fused-ring (bicyclic) bond motifs is 2. The van der Waals surface area contributed by atoms with Crippen molar-refractivity contribution in [2.24, 2.45) is 11.8 Å². The number of hydrogen-bond donors (Lipinski definition) is 2. The quantitative estimate of drug-likeness (QED) is 0.826. The van der Waals surface area contributed by atoms with Gasteiger partial charge in [-0.25, -0.2) is 4.79 Å². The van der Waals surface area contributed by atoms with Crippen molar-refractivity contribution in [1.29, 1.82) is 0 Å². The lowest BCUT2D eigenvalue weighted by Gasteiger charge is -2.30. The Morgan fingerprint density at radius 3 is 2.88 bits per heavy atom. The Hall–Kier alpha value is -1.77. The molecule has 1 unspecified atom stereocenters. The molecular formula is C16H23N3O5. The lowest BCUT2D eigenvalue weighted by molar-refractivity contribution is -0.186. The second-order valence-electron chi connectivity index (χ2n) is 6.90. The van der Waals surface area contributed by atoms with Gasteiger partial charge in [-0.05, 0) is 6.92 Å². The van der Waals surface area contributed by atoms with Gasteiger partial charge in [-0.1, -0.05) is 20.8 Å². The molecule has 1 aromatic rings. The number of hydrogen-bond acceptors (Lipinski definition) is 6.